The van der Waals surface area contributed by atoms with Gasteiger partial charge in [-0.05, 0) is 55.1 Å². The summed E-state index contributed by atoms with van der Waals surface area (Å²) in [5, 5.41) is 9.48. The third-order valence-corrected chi connectivity index (χ3v) is 6.03. The summed E-state index contributed by atoms with van der Waals surface area (Å²) in [7, 11) is 0. The zero-order valence-corrected chi connectivity index (χ0v) is 16.7. The Morgan fingerprint density at radius 1 is 1.11 bits per heavy atom. The van der Waals surface area contributed by atoms with Gasteiger partial charge >= 0.3 is 0 Å². The lowest BCUT2D eigenvalue weighted by molar-refractivity contribution is 0.0950. The van der Waals surface area contributed by atoms with Crippen LogP contribution in [0, 0.1) is 5.92 Å². The molecule has 0 spiro atoms. The van der Waals surface area contributed by atoms with Crippen molar-refractivity contribution in [3.05, 3.63) is 87.4 Å². The van der Waals surface area contributed by atoms with E-state index in [4.69, 9.17) is 0 Å². The molecule has 1 atom stereocenters. The maximum Gasteiger partial charge on any atom is 0.251 e. The Morgan fingerprint density at radius 2 is 1.93 bits per heavy atom. The summed E-state index contributed by atoms with van der Waals surface area (Å²) in [6.07, 6.45) is 3.15. The van der Waals surface area contributed by atoms with E-state index in [1.807, 2.05) is 35.7 Å². The van der Waals surface area contributed by atoms with Crippen molar-refractivity contribution in [2.24, 2.45) is 5.92 Å². The molecule has 0 aliphatic carbocycles. The van der Waals surface area contributed by atoms with Gasteiger partial charge in [-0.25, -0.2) is 4.98 Å². The van der Waals surface area contributed by atoms with E-state index in [9.17, 15) is 4.79 Å². The number of benzene rings is 2. The standard InChI is InChI=1S/C23H25N3OS/c27-23(20-8-6-18(7-9-20)12-19-10-11-24-14-19)25-15-21-16-28-22(26-21)13-17-4-2-1-3-5-17/h1-9,16,19,24H,10-15H2,(H,25,27). The summed E-state index contributed by atoms with van der Waals surface area (Å²) in [6.45, 7) is 2.68. The number of hydrogen-bond acceptors (Lipinski definition) is 4. The van der Waals surface area contributed by atoms with Crippen molar-refractivity contribution >= 4 is 17.2 Å². The molecule has 28 heavy (non-hydrogen) atoms. The van der Waals surface area contributed by atoms with Gasteiger partial charge in [0.05, 0.1) is 17.2 Å². The molecule has 1 unspecified atom stereocenters. The Balaban J connectivity index is 1.28. The molecule has 4 nitrogen and oxygen atoms in total. The molecule has 3 aromatic rings. The summed E-state index contributed by atoms with van der Waals surface area (Å²) in [6, 6.07) is 18.3. The van der Waals surface area contributed by atoms with Gasteiger partial charge in [-0.1, -0.05) is 42.5 Å². The van der Waals surface area contributed by atoms with Gasteiger partial charge in [-0.15, -0.1) is 11.3 Å². The highest BCUT2D eigenvalue weighted by molar-refractivity contribution is 7.09. The van der Waals surface area contributed by atoms with Crippen molar-refractivity contribution < 1.29 is 4.79 Å². The number of rotatable bonds is 7. The first-order chi connectivity index (χ1) is 13.8. The van der Waals surface area contributed by atoms with Gasteiger partial charge in [-0.3, -0.25) is 4.79 Å². The maximum absolute atomic E-state index is 12.4. The lowest BCUT2D eigenvalue weighted by Gasteiger charge is -2.09. The lowest BCUT2D eigenvalue weighted by atomic mass is 9.98. The van der Waals surface area contributed by atoms with Crippen LogP contribution in [0.3, 0.4) is 0 Å². The Labute approximate surface area is 170 Å². The van der Waals surface area contributed by atoms with Crippen LogP contribution in [0.25, 0.3) is 0 Å². The van der Waals surface area contributed by atoms with Gasteiger partial charge in [0.15, 0.2) is 0 Å². The Bertz CT molecular complexity index is 899. The minimum Gasteiger partial charge on any atom is -0.346 e. The molecule has 1 fully saturated rings. The molecule has 1 aromatic heterocycles. The Kier molecular flexibility index (Phi) is 6.14. The van der Waals surface area contributed by atoms with Gasteiger partial charge in [0.1, 0.15) is 0 Å². The van der Waals surface area contributed by atoms with Crippen LogP contribution in [-0.2, 0) is 19.4 Å². The molecule has 144 valence electrons. The van der Waals surface area contributed by atoms with E-state index in [0.29, 0.717) is 12.1 Å². The third kappa shape index (κ3) is 5.06. The molecule has 1 aliphatic rings. The number of carbonyl (C=O) groups excluding carboxylic acids is 1. The lowest BCUT2D eigenvalue weighted by Crippen LogP contribution is -2.23. The smallest absolute Gasteiger partial charge is 0.251 e. The van der Waals surface area contributed by atoms with Gasteiger partial charge in [0, 0.05) is 17.4 Å². The van der Waals surface area contributed by atoms with E-state index in [0.717, 1.165) is 42.6 Å². The fourth-order valence-electron chi connectivity index (χ4n) is 3.57. The average molecular weight is 392 g/mol. The largest absolute Gasteiger partial charge is 0.346 e. The third-order valence-electron chi connectivity index (χ3n) is 5.13. The van der Waals surface area contributed by atoms with Gasteiger partial charge in [0.25, 0.3) is 5.91 Å². The summed E-state index contributed by atoms with van der Waals surface area (Å²) < 4.78 is 0. The summed E-state index contributed by atoms with van der Waals surface area (Å²) in [5.74, 6) is 0.668. The minimum atomic E-state index is -0.0494. The van der Waals surface area contributed by atoms with Crippen LogP contribution >= 0.6 is 11.3 Å². The van der Waals surface area contributed by atoms with E-state index >= 15 is 0 Å². The van der Waals surface area contributed by atoms with E-state index in [-0.39, 0.29) is 5.91 Å². The van der Waals surface area contributed by atoms with E-state index < -0.39 is 0 Å². The average Bonchev–Trinajstić information content (AvgIpc) is 3.40. The predicted molar refractivity (Wildman–Crippen MR) is 114 cm³/mol. The van der Waals surface area contributed by atoms with Crippen molar-refractivity contribution in [1.82, 2.24) is 15.6 Å². The van der Waals surface area contributed by atoms with E-state index in [2.05, 4.69) is 39.9 Å². The normalized spacial score (nSPS) is 16.2. The minimum absolute atomic E-state index is 0.0494. The maximum atomic E-state index is 12.4. The second-order valence-corrected chi connectivity index (χ2v) is 8.28. The number of carbonyl (C=O) groups is 1. The predicted octanol–water partition coefficient (Wildman–Crippen LogP) is 3.82. The van der Waals surface area contributed by atoms with E-state index in [1.165, 1.54) is 17.5 Å². The number of hydrogen-bond donors (Lipinski definition) is 2. The second kappa shape index (κ2) is 9.13. The van der Waals surface area contributed by atoms with Crippen LogP contribution in [0.2, 0.25) is 0 Å². The molecule has 0 bridgehead atoms. The molecule has 1 aliphatic heterocycles. The second-order valence-electron chi connectivity index (χ2n) is 7.34. The quantitative estimate of drug-likeness (QED) is 0.644. The molecule has 1 amide bonds. The Morgan fingerprint density at radius 3 is 2.68 bits per heavy atom. The molecular weight excluding hydrogens is 366 g/mol. The molecular formula is C23H25N3OS. The highest BCUT2D eigenvalue weighted by Gasteiger charge is 2.15. The first-order valence-corrected chi connectivity index (χ1v) is 10.7. The van der Waals surface area contributed by atoms with Crippen molar-refractivity contribution in [1.29, 1.82) is 0 Å². The van der Waals surface area contributed by atoms with Gasteiger partial charge < -0.3 is 10.6 Å². The highest BCUT2D eigenvalue weighted by Crippen LogP contribution is 2.17. The number of aromatic nitrogens is 1. The molecule has 4 rings (SSSR count). The van der Waals surface area contributed by atoms with Crippen molar-refractivity contribution in [3.63, 3.8) is 0 Å². The van der Waals surface area contributed by atoms with Crippen molar-refractivity contribution in [3.8, 4) is 0 Å². The summed E-state index contributed by atoms with van der Waals surface area (Å²) >= 11 is 1.64. The van der Waals surface area contributed by atoms with Gasteiger partial charge in [0.2, 0.25) is 0 Å². The van der Waals surface area contributed by atoms with Crippen LogP contribution in [0.4, 0.5) is 0 Å². The first-order valence-electron chi connectivity index (χ1n) is 9.81. The fourth-order valence-corrected chi connectivity index (χ4v) is 4.40. The van der Waals surface area contributed by atoms with E-state index in [1.54, 1.807) is 11.3 Å². The summed E-state index contributed by atoms with van der Waals surface area (Å²) in [4.78, 5) is 17.1. The number of thiazole rings is 1. The number of nitrogens with zero attached hydrogens (tertiary/aromatic N) is 1. The fraction of sp³-hybridized carbons (Fsp3) is 0.304. The monoisotopic (exact) mass is 391 g/mol. The van der Waals surface area contributed by atoms with Crippen LogP contribution in [-0.4, -0.2) is 24.0 Å². The molecule has 0 radical (unpaired) electrons. The number of nitrogens with one attached hydrogen (secondary N) is 2. The Hall–Kier alpha value is -2.50. The molecule has 5 heteroatoms. The van der Waals surface area contributed by atoms with Crippen molar-refractivity contribution in [2.45, 2.75) is 25.8 Å². The number of amides is 1. The zero-order valence-electron chi connectivity index (χ0n) is 15.9. The van der Waals surface area contributed by atoms with Crippen molar-refractivity contribution in [2.75, 3.05) is 13.1 Å². The molecule has 0 saturated carbocycles. The molecule has 2 aromatic carbocycles. The van der Waals surface area contributed by atoms with Gasteiger partial charge in [-0.2, -0.15) is 0 Å². The molecule has 1 saturated heterocycles. The molecule has 2 heterocycles. The van der Waals surface area contributed by atoms with Crippen LogP contribution < -0.4 is 10.6 Å². The SMILES string of the molecule is O=C(NCc1csc(Cc2ccccc2)n1)c1ccc(CC2CCNC2)cc1. The first kappa shape index (κ1) is 18.8. The highest BCUT2D eigenvalue weighted by atomic mass is 32.1. The summed E-state index contributed by atoms with van der Waals surface area (Å²) in [5.41, 5.74) is 4.17. The van der Waals surface area contributed by atoms with Crippen LogP contribution in [0.15, 0.2) is 60.0 Å². The van der Waals surface area contributed by atoms with Crippen LogP contribution in [0.1, 0.15) is 38.6 Å². The topological polar surface area (TPSA) is 54.0 Å². The van der Waals surface area contributed by atoms with Crippen LogP contribution in [0.5, 0.6) is 0 Å². The zero-order chi connectivity index (χ0) is 19.2. The molecule has 2 N–H and O–H groups in total.